The molecule has 0 aliphatic carbocycles. The predicted octanol–water partition coefficient (Wildman–Crippen LogP) is 4.14. The van der Waals surface area contributed by atoms with E-state index < -0.39 is 10.0 Å². The maximum absolute atomic E-state index is 13.1. The van der Waals surface area contributed by atoms with Gasteiger partial charge in [-0.25, -0.2) is 17.8 Å². The zero-order valence-electron chi connectivity index (χ0n) is 12.7. The highest BCUT2D eigenvalue weighted by Crippen LogP contribution is 2.24. The molecule has 0 bridgehead atoms. The zero-order valence-corrected chi connectivity index (χ0v) is 14.3. The molecule has 3 aromatic rings. The summed E-state index contributed by atoms with van der Waals surface area (Å²) >= 11 is 1.20. The standard InChI is InChI=1S/C16H14FN3O2S2/c1-11-5-8-16(23-11)24(21,22)20-14-6-7-15(18-10-14)19-13-4-2-3-12(17)9-13/h2-10,20H,1H3,(H,18,19). The molecule has 0 aliphatic rings. The predicted molar refractivity (Wildman–Crippen MR) is 93.8 cm³/mol. The number of anilines is 3. The minimum Gasteiger partial charge on any atom is -0.340 e. The molecule has 2 heterocycles. The van der Waals surface area contributed by atoms with E-state index >= 15 is 0 Å². The molecule has 0 amide bonds. The van der Waals surface area contributed by atoms with Crippen molar-refractivity contribution < 1.29 is 12.8 Å². The van der Waals surface area contributed by atoms with E-state index in [1.54, 1.807) is 36.4 Å². The lowest BCUT2D eigenvalue weighted by Gasteiger charge is -2.08. The van der Waals surface area contributed by atoms with Gasteiger partial charge in [0.2, 0.25) is 0 Å². The Morgan fingerprint density at radius 2 is 1.92 bits per heavy atom. The van der Waals surface area contributed by atoms with Crippen LogP contribution in [0.1, 0.15) is 4.88 Å². The Kier molecular flexibility index (Phi) is 4.50. The SMILES string of the molecule is Cc1ccc(S(=O)(=O)Nc2ccc(Nc3cccc(F)c3)nc2)s1. The Morgan fingerprint density at radius 3 is 2.54 bits per heavy atom. The fourth-order valence-electron chi connectivity index (χ4n) is 2.00. The summed E-state index contributed by atoms with van der Waals surface area (Å²) in [6, 6.07) is 12.5. The van der Waals surface area contributed by atoms with Crippen LogP contribution >= 0.6 is 11.3 Å². The van der Waals surface area contributed by atoms with E-state index in [1.165, 1.54) is 29.7 Å². The molecule has 0 atom stereocenters. The maximum Gasteiger partial charge on any atom is 0.271 e. The molecule has 8 heteroatoms. The molecule has 0 spiro atoms. The number of sulfonamides is 1. The quantitative estimate of drug-likeness (QED) is 0.715. The fraction of sp³-hybridized carbons (Fsp3) is 0.0625. The molecular weight excluding hydrogens is 349 g/mol. The van der Waals surface area contributed by atoms with Crippen LogP contribution in [0, 0.1) is 12.7 Å². The lowest BCUT2D eigenvalue weighted by atomic mass is 10.3. The molecule has 124 valence electrons. The van der Waals surface area contributed by atoms with Crippen molar-refractivity contribution in [3.63, 3.8) is 0 Å². The molecule has 0 radical (unpaired) electrons. The van der Waals surface area contributed by atoms with Crippen LogP contribution in [0.5, 0.6) is 0 Å². The number of aryl methyl sites for hydroxylation is 1. The summed E-state index contributed by atoms with van der Waals surface area (Å²) in [5.74, 6) is 0.131. The molecule has 0 aliphatic heterocycles. The summed E-state index contributed by atoms with van der Waals surface area (Å²) in [6.07, 6.45) is 1.40. The van der Waals surface area contributed by atoms with Crippen LogP contribution in [0.15, 0.2) is 58.9 Å². The van der Waals surface area contributed by atoms with Gasteiger partial charge in [-0.2, -0.15) is 0 Å². The molecule has 3 rings (SSSR count). The van der Waals surface area contributed by atoms with Gasteiger partial charge in [-0.05, 0) is 49.4 Å². The Bertz CT molecular complexity index is 953. The third-order valence-electron chi connectivity index (χ3n) is 3.09. The first-order chi connectivity index (χ1) is 11.4. The summed E-state index contributed by atoms with van der Waals surface area (Å²) in [5.41, 5.74) is 0.913. The van der Waals surface area contributed by atoms with Crippen molar-refractivity contribution in [2.75, 3.05) is 10.0 Å². The van der Waals surface area contributed by atoms with Crippen LogP contribution in [0.3, 0.4) is 0 Å². The molecule has 0 saturated heterocycles. The number of benzene rings is 1. The van der Waals surface area contributed by atoms with Crippen molar-refractivity contribution in [3.05, 3.63) is 65.4 Å². The molecule has 0 unspecified atom stereocenters. The summed E-state index contributed by atoms with van der Waals surface area (Å²) in [7, 11) is -3.61. The largest absolute Gasteiger partial charge is 0.340 e. The van der Waals surface area contributed by atoms with Gasteiger partial charge in [0.05, 0.1) is 11.9 Å². The van der Waals surface area contributed by atoms with Crippen LogP contribution in [-0.2, 0) is 10.0 Å². The molecule has 24 heavy (non-hydrogen) atoms. The molecule has 2 aromatic heterocycles. The van der Waals surface area contributed by atoms with Gasteiger partial charge in [-0.1, -0.05) is 6.07 Å². The number of hydrogen-bond donors (Lipinski definition) is 2. The van der Waals surface area contributed by atoms with Gasteiger partial charge in [-0.3, -0.25) is 4.72 Å². The fourth-order valence-corrected chi connectivity index (χ4v) is 4.33. The first-order valence-electron chi connectivity index (χ1n) is 7.00. The van der Waals surface area contributed by atoms with Crippen LogP contribution in [0.25, 0.3) is 0 Å². The average molecular weight is 363 g/mol. The number of nitrogens with one attached hydrogen (secondary N) is 2. The second kappa shape index (κ2) is 6.58. The monoisotopic (exact) mass is 363 g/mol. The molecule has 1 aromatic carbocycles. The van der Waals surface area contributed by atoms with E-state index in [0.717, 1.165) is 4.88 Å². The van der Waals surface area contributed by atoms with Crippen molar-refractivity contribution in [2.45, 2.75) is 11.1 Å². The lowest BCUT2D eigenvalue weighted by molar-refractivity contribution is 0.603. The Morgan fingerprint density at radius 1 is 1.08 bits per heavy atom. The molecular formula is C16H14FN3O2S2. The summed E-state index contributed by atoms with van der Waals surface area (Å²) < 4.78 is 40.4. The number of rotatable bonds is 5. The van der Waals surface area contributed by atoms with E-state index in [0.29, 0.717) is 17.2 Å². The van der Waals surface area contributed by atoms with E-state index in [1.807, 2.05) is 6.92 Å². The van der Waals surface area contributed by atoms with Crippen molar-refractivity contribution in [3.8, 4) is 0 Å². The highest BCUT2D eigenvalue weighted by molar-refractivity contribution is 7.94. The van der Waals surface area contributed by atoms with Gasteiger partial charge in [0.1, 0.15) is 15.8 Å². The van der Waals surface area contributed by atoms with Gasteiger partial charge in [0.25, 0.3) is 10.0 Å². The van der Waals surface area contributed by atoms with Crippen LogP contribution in [0.4, 0.5) is 21.6 Å². The number of nitrogens with zero attached hydrogens (tertiary/aromatic N) is 1. The van der Waals surface area contributed by atoms with Crippen molar-refractivity contribution >= 4 is 38.6 Å². The van der Waals surface area contributed by atoms with Gasteiger partial charge in [-0.15, -0.1) is 11.3 Å². The number of aromatic nitrogens is 1. The zero-order chi connectivity index (χ0) is 17.2. The molecule has 5 nitrogen and oxygen atoms in total. The minimum absolute atomic E-state index is 0.252. The highest BCUT2D eigenvalue weighted by Gasteiger charge is 2.16. The van der Waals surface area contributed by atoms with Crippen LogP contribution in [0.2, 0.25) is 0 Å². The van der Waals surface area contributed by atoms with Gasteiger partial charge >= 0.3 is 0 Å². The maximum atomic E-state index is 13.1. The first-order valence-corrected chi connectivity index (χ1v) is 9.30. The first kappa shape index (κ1) is 16.4. The second-order valence-electron chi connectivity index (χ2n) is 5.04. The van der Waals surface area contributed by atoms with E-state index in [-0.39, 0.29) is 10.0 Å². The number of halogens is 1. The molecule has 2 N–H and O–H groups in total. The van der Waals surface area contributed by atoms with Crippen LogP contribution < -0.4 is 10.0 Å². The third-order valence-corrected chi connectivity index (χ3v) is 5.97. The summed E-state index contributed by atoms with van der Waals surface area (Å²) in [4.78, 5) is 5.05. The summed E-state index contributed by atoms with van der Waals surface area (Å²) in [6.45, 7) is 1.85. The topological polar surface area (TPSA) is 71.1 Å². The Hall–Kier alpha value is -2.45. The highest BCUT2D eigenvalue weighted by atomic mass is 32.2. The normalized spacial score (nSPS) is 11.2. The third kappa shape index (κ3) is 3.90. The van der Waals surface area contributed by atoms with Crippen molar-refractivity contribution in [2.24, 2.45) is 0 Å². The van der Waals surface area contributed by atoms with E-state index in [2.05, 4.69) is 15.0 Å². The molecule has 0 saturated carbocycles. The second-order valence-corrected chi connectivity index (χ2v) is 8.24. The minimum atomic E-state index is -3.61. The average Bonchev–Trinajstić information content (AvgIpc) is 2.97. The van der Waals surface area contributed by atoms with Gasteiger partial charge < -0.3 is 5.32 Å². The lowest BCUT2D eigenvalue weighted by Crippen LogP contribution is -2.11. The van der Waals surface area contributed by atoms with Crippen molar-refractivity contribution in [1.82, 2.24) is 4.98 Å². The Labute approximate surface area is 143 Å². The molecule has 0 fully saturated rings. The van der Waals surface area contributed by atoms with Crippen molar-refractivity contribution in [1.29, 1.82) is 0 Å². The Balaban J connectivity index is 1.73. The number of hydrogen-bond acceptors (Lipinski definition) is 5. The number of thiophene rings is 1. The van der Waals surface area contributed by atoms with E-state index in [4.69, 9.17) is 0 Å². The van der Waals surface area contributed by atoms with Crippen LogP contribution in [-0.4, -0.2) is 13.4 Å². The van der Waals surface area contributed by atoms with E-state index in [9.17, 15) is 12.8 Å². The smallest absolute Gasteiger partial charge is 0.271 e. The van der Waals surface area contributed by atoms with Gasteiger partial charge in [0, 0.05) is 10.6 Å². The number of pyridine rings is 1. The van der Waals surface area contributed by atoms with Gasteiger partial charge in [0.15, 0.2) is 0 Å². The summed E-state index contributed by atoms with van der Waals surface area (Å²) in [5, 5.41) is 2.94.